The van der Waals surface area contributed by atoms with E-state index in [1.54, 1.807) is 6.07 Å². The van der Waals surface area contributed by atoms with Crippen LogP contribution in [0, 0.1) is 10.1 Å². The summed E-state index contributed by atoms with van der Waals surface area (Å²) in [6.07, 6.45) is -4.54. The highest BCUT2D eigenvalue weighted by Gasteiger charge is 2.43. The van der Waals surface area contributed by atoms with E-state index in [1.165, 1.54) is 42.4 Å². The zero-order valence-corrected chi connectivity index (χ0v) is 16.5. The molecular weight excluding hydrogens is 427 g/mol. The maximum Gasteiger partial charge on any atom is 0.416 e. The first-order valence-electron chi connectivity index (χ1n) is 8.74. The van der Waals surface area contributed by atoms with Crippen molar-refractivity contribution in [1.82, 2.24) is 9.79 Å². The molecule has 0 radical (unpaired) electrons. The molecule has 162 valence electrons. The van der Waals surface area contributed by atoms with E-state index in [0.29, 0.717) is 5.56 Å². The van der Waals surface area contributed by atoms with Gasteiger partial charge in [0.1, 0.15) is 5.25 Å². The number of nitrogens with zero attached hydrogens (tertiary/aromatic N) is 2. The van der Waals surface area contributed by atoms with E-state index in [9.17, 15) is 31.7 Å². The van der Waals surface area contributed by atoms with Crippen LogP contribution in [0.25, 0.3) is 0 Å². The Bertz CT molecular complexity index is 1050. The van der Waals surface area contributed by atoms with Gasteiger partial charge in [0.2, 0.25) is 10.0 Å². The fourth-order valence-corrected chi connectivity index (χ4v) is 4.74. The Hall–Kier alpha value is -2.54. The van der Waals surface area contributed by atoms with Gasteiger partial charge in [-0.15, -0.1) is 0 Å². The van der Waals surface area contributed by atoms with Crippen LogP contribution in [0.3, 0.4) is 0 Å². The van der Waals surface area contributed by atoms with Gasteiger partial charge in [0.25, 0.3) is 5.69 Å². The van der Waals surface area contributed by atoms with Crippen LogP contribution in [0.2, 0.25) is 0 Å². The number of alkyl halides is 3. The Kier molecular flexibility index (Phi) is 6.13. The summed E-state index contributed by atoms with van der Waals surface area (Å²) in [4.78, 5) is 15.8. The zero-order chi connectivity index (χ0) is 22.1. The molecule has 1 heterocycles. The molecule has 0 aliphatic carbocycles. The summed E-state index contributed by atoms with van der Waals surface area (Å²) in [6, 6.07) is 9.08. The molecule has 2 atom stereocenters. The largest absolute Gasteiger partial charge is 0.416 e. The van der Waals surface area contributed by atoms with Gasteiger partial charge in [0.05, 0.1) is 23.1 Å². The van der Waals surface area contributed by atoms with Crippen molar-refractivity contribution in [1.29, 1.82) is 0 Å². The van der Waals surface area contributed by atoms with Gasteiger partial charge in [-0.1, -0.05) is 30.3 Å². The average Bonchev–Trinajstić information content (AvgIpc) is 3.08. The van der Waals surface area contributed by atoms with Gasteiger partial charge in [0.15, 0.2) is 0 Å². The number of hydrogen-bond donors (Lipinski definition) is 1. The monoisotopic (exact) mass is 445 g/mol. The molecule has 12 heteroatoms. The van der Waals surface area contributed by atoms with E-state index >= 15 is 0 Å². The molecule has 1 aliphatic heterocycles. The number of benzene rings is 2. The minimum absolute atomic E-state index is 0.146. The highest BCUT2D eigenvalue weighted by atomic mass is 32.2. The zero-order valence-electron chi connectivity index (χ0n) is 15.7. The first-order chi connectivity index (χ1) is 14.0. The molecule has 0 saturated carbocycles. The average molecular weight is 445 g/mol. The Morgan fingerprint density at radius 1 is 1.23 bits per heavy atom. The lowest BCUT2D eigenvalue weighted by molar-refractivity contribution is -0.385. The van der Waals surface area contributed by atoms with Crippen LogP contribution in [-0.4, -0.2) is 37.3 Å². The number of hydroxylamine groups is 2. The van der Waals surface area contributed by atoms with Crippen molar-refractivity contribution in [2.24, 2.45) is 0 Å². The standard InChI is InChI=1S/C18H18F3N3O5S/c1-23-17(13-5-3-7-15(9-13)24(25)26)16(11-29-23)30(27,28)22-10-12-4-2-6-14(8-12)18(19,20)21/h2-9,16-17,22H,10-11H2,1H3/t16-,17-/m1/s1. The van der Waals surface area contributed by atoms with Crippen molar-refractivity contribution < 1.29 is 31.3 Å². The maximum absolute atomic E-state index is 12.9. The third kappa shape index (κ3) is 4.78. The van der Waals surface area contributed by atoms with Gasteiger partial charge in [-0.05, 0) is 17.2 Å². The smallest absolute Gasteiger partial charge is 0.297 e. The number of hydrogen-bond acceptors (Lipinski definition) is 6. The number of nitro groups is 1. The van der Waals surface area contributed by atoms with Gasteiger partial charge < -0.3 is 0 Å². The molecule has 2 aromatic carbocycles. The Morgan fingerprint density at radius 3 is 2.60 bits per heavy atom. The van der Waals surface area contributed by atoms with Gasteiger partial charge in [-0.3, -0.25) is 15.0 Å². The number of nitrogens with one attached hydrogen (secondary N) is 1. The Labute approximate surface area is 170 Å². The topological polar surface area (TPSA) is 102 Å². The van der Waals surface area contributed by atoms with Crippen molar-refractivity contribution in [2.75, 3.05) is 13.7 Å². The molecule has 1 aliphatic rings. The highest BCUT2D eigenvalue weighted by Crippen LogP contribution is 2.35. The number of non-ortho nitro benzene ring substituents is 1. The van der Waals surface area contributed by atoms with E-state index in [0.717, 1.165) is 12.1 Å². The molecule has 0 aromatic heterocycles. The van der Waals surface area contributed by atoms with E-state index in [1.807, 2.05) is 0 Å². The van der Waals surface area contributed by atoms with Crippen molar-refractivity contribution in [2.45, 2.75) is 24.0 Å². The molecule has 30 heavy (non-hydrogen) atoms. The first-order valence-corrected chi connectivity index (χ1v) is 10.3. The molecule has 1 fully saturated rings. The summed E-state index contributed by atoms with van der Waals surface area (Å²) in [6.45, 7) is -0.546. The van der Waals surface area contributed by atoms with Crippen LogP contribution < -0.4 is 4.72 Å². The third-order valence-corrected chi connectivity index (χ3v) is 6.48. The molecule has 3 rings (SSSR count). The quantitative estimate of drug-likeness (QED) is 0.542. The van der Waals surface area contributed by atoms with Gasteiger partial charge >= 0.3 is 6.18 Å². The summed E-state index contributed by atoms with van der Waals surface area (Å²) in [7, 11) is -2.53. The summed E-state index contributed by atoms with van der Waals surface area (Å²) in [5.74, 6) is 0. The number of halogens is 3. The molecule has 1 saturated heterocycles. The molecule has 8 nitrogen and oxygen atoms in total. The van der Waals surface area contributed by atoms with Crippen LogP contribution >= 0.6 is 0 Å². The minimum atomic E-state index is -4.54. The minimum Gasteiger partial charge on any atom is -0.297 e. The van der Waals surface area contributed by atoms with Crippen LogP contribution in [0.5, 0.6) is 0 Å². The molecule has 2 aromatic rings. The lowest BCUT2D eigenvalue weighted by Crippen LogP contribution is -2.39. The van der Waals surface area contributed by atoms with Gasteiger partial charge in [0, 0.05) is 25.7 Å². The molecule has 0 bridgehead atoms. The highest BCUT2D eigenvalue weighted by molar-refractivity contribution is 7.90. The second-order valence-corrected chi connectivity index (χ2v) is 8.73. The number of rotatable bonds is 6. The lowest BCUT2D eigenvalue weighted by atomic mass is 10.0. The van der Waals surface area contributed by atoms with E-state index in [-0.39, 0.29) is 24.4 Å². The van der Waals surface area contributed by atoms with Crippen LogP contribution in [-0.2, 0) is 27.6 Å². The summed E-state index contributed by atoms with van der Waals surface area (Å²) >= 11 is 0. The normalized spacial score (nSPS) is 20.4. The van der Waals surface area contributed by atoms with E-state index in [2.05, 4.69) is 4.72 Å². The summed E-state index contributed by atoms with van der Waals surface area (Å²) < 4.78 is 66.6. The van der Waals surface area contributed by atoms with Crippen molar-refractivity contribution in [3.05, 3.63) is 75.3 Å². The fourth-order valence-electron chi connectivity index (χ4n) is 3.25. The van der Waals surface area contributed by atoms with Crippen molar-refractivity contribution in [3.8, 4) is 0 Å². The SMILES string of the molecule is CN1OC[C@@H](S(=O)(=O)NCc2cccc(C(F)(F)F)c2)[C@H]1c1cccc([N+](=O)[O-])c1. The molecule has 0 spiro atoms. The maximum atomic E-state index is 12.9. The molecule has 1 N–H and O–H groups in total. The first kappa shape index (κ1) is 22.2. The van der Waals surface area contributed by atoms with Crippen molar-refractivity contribution >= 4 is 15.7 Å². The van der Waals surface area contributed by atoms with Crippen molar-refractivity contribution in [3.63, 3.8) is 0 Å². The second kappa shape index (κ2) is 8.30. The summed E-state index contributed by atoms with van der Waals surface area (Å²) in [5, 5.41) is 11.2. The van der Waals surface area contributed by atoms with Crippen LogP contribution in [0.15, 0.2) is 48.5 Å². The Balaban J connectivity index is 1.81. The lowest BCUT2D eigenvalue weighted by Gasteiger charge is -2.23. The van der Waals surface area contributed by atoms with Crippen LogP contribution in [0.4, 0.5) is 18.9 Å². The molecule has 0 amide bonds. The van der Waals surface area contributed by atoms with Gasteiger partial charge in [-0.25, -0.2) is 13.1 Å². The van der Waals surface area contributed by atoms with Gasteiger partial charge in [-0.2, -0.15) is 18.2 Å². The van der Waals surface area contributed by atoms with Crippen LogP contribution in [0.1, 0.15) is 22.7 Å². The Morgan fingerprint density at radius 2 is 1.93 bits per heavy atom. The van der Waals surface area contributed by atoms with E-state index < -0.39 is 38.0 Å². The molecule has 0 unspecified atom stereocenters. The predicted molar refractivity (Wildman–Crippen MR) is 101 cm³/mol. The third-order valence-electron chi connectivity index (χ3n) is 4.74. The summed E-state index contributed by atoms with van der Waals surface area (Å²) in [5.41, 5.74) is -0.551. The fraction of sp³-hybridized carbons (Fsp3) is 0.333. The number of sulfonamides is 1. The number of nitro benzene ring substituents is 1. The predicted octanol–water partition coefficient (Wildman–Crippen LogP) is 3.02. The van der Waals surface area contributed by atoms with E-state index in [4.69, 9.17) is 4.84 Å². The molecular formula is C18H18F3N3O5S. The second-order valence-electron chi connectivity index (χ2n) is 6.74.